The molecule has 25 heavy (non-hydrogen) atoms. The molecule has 5 nitrogen and oxygen atoms in total. The van der Waals surface area contributed by atoms with Crippen LogP contribution >= 0.6 is 24.0 Å². The molecule has 0 aliphatic carbocycles. The lowest BCUT2D eigenvalue weighted by atomic mass is 10.2. The lowest BCUT2D eigenvalue weighted by molar-refractivity contribution is 0.818. The molecule has 3 N–H and O–H groups in total. The Bertz CT molecular complexity index is 855. The molecular weight excluding hydrogens is 425 g/mol. The summed E-state index contributed by atoms with van der Waals surface area (Å²) in [5, 5.41) is 7.65. The molecule has 0 fully saturated rings. The van der Waals surface area contributed by atoms with Crippen LogP contribution in [0, 0.1) is 13.8 Å². The van der Waals surface area contributed by atoms with Crippen molar-refractivity contribution < 1.29 is 0 Å². The zero-order valence-corrected chi connectivity index (χ0v) is 16.6. The van der Waals surface area contributed by atoms with Gasteiger partial charge < -0.3 is 11.1 Å². The van der Waals surface area contributed by atoms with Crippen molar-refractivity contribution in [1.29, 1.82) is 0 Å². The molecule has 0 spiro atoms. The third-order valence-corrected chi connectivity index (χ3v) is 3.70. The van der Waals surface area contributed by atoms with Crippen LogP contribution in [0.1, 0.15) is 17.0 Å². The summed E-state index contributed by atoms with van der Waals surface area (Å²) < 4.78 is 1.95. The molecule has 1 heterocycles. The Hall–Kier alpha value is -2.35. The standard InChI is InChI=1S/C19H21N5.HI/c1-14-12-15(2)24(23-14)18-11-7-6-8-16(18)13-21-19(20)22-17-9-4-3-5-10-17;/h3-12H,13H2,1-2H3,(H3,20,21,22);1H. The number of benzene rings is 2. The monoisotopic (exact) mass is 447 g/mol. The first kappa shape index (κ1) is 19.0. The Morgan fingerprint density at radius 3 is 2.44 bits per heavy atom. The van der Waals surface area contributed by atoms with Gasteiger partial charge in [0.05, 0.1) is 17.9 Å². The second kappa shape index (κ2) is 8.66. The number of hydrogen-bond acceptors (Lipinski definition) is 2. The Morgan fingerprint density at radius 1 is 1.08 bits per heavy atom. The first-order valence-corrected chi connectivity index (χ1v) is 7.87. The smallest absolute Gasteiger partial charge is 0.193 e. The molecule has 0 aliphatic heterocycles. The van der Waals surface area contributed by atoms with Crippen LogP contribution in [0.4, 0.5) is 5.69 Å². The summed E-state index contributed by atoms with van der Waals surface area (Å²) in [7, 11) is 0. The first-order valence-electron chi connectivity index (χ1n) is 7.87. The quantitative estimate of drug-likeness (QED) is 0.361. The van der Waals surface area contributed by atoms with Gasteiger partial charge in [0.1, 0.15) is 0 Å². The minimum Gasteiger partial charge on any atom is -0.370 e. The Kier molecular flexibility index (Phi) is 6.58. The summed E-state index contributed by atoms with van der Waals surface area (Å²) in [6.45, 7) is 4.53. The second-order valence-corrected chi connectivity index (χ2v) is 5.66. The fraction of sp³-hybridized carbons (Fsp3) is 0.158. The number of hydrogen-bond donors (Lipinski definition) is 2. The highest BCUT2D eigenvalue weighted by molar-refractivity contribution is 14.0. The zero-order chi connectivity index (χ0) is 16.9. The molecule has 0 atom stereocenters. The van der Waals surface area contributed by atoms with E-state index in [0.717, 1.165) is 28.3 Å². The molecule has 1 aromatic heterocycles. The van der Waals surface area contributed by atoms with E-state index in [1.54, 1.807) is 0 Å². The van der Waals surface area contributed by atoms with E-state index >= 15 is 0 Å². The van der Waals surface area contributed by atoms with E-state index in [1.807, 2.05) is 73.1 Å². The van der Waals surface area contributed by atoms with Crippen LogP contribution in [0.2, 0.25) is 0 Å². The average molecular weight is 447 g/mol. The highest BCUT2D eigenvalue weighted by atomic mass is 127. The van der Waals surface area contributed by atoms with Crippen LogP contribution < -0.4 is 11.1 Å². The fourth-order valence-electron chi connectivity index (χ4n) is 2.60. The predicted molar refractivity (Wildman–Crippen MR) is 114 cm³/mol. The molecule has 130 valence electrons. The van der Waals surface area contributed by atoms with E-state index in [0.29, 0.717) is 12.5 Å². The van der Waals surface area contributed by atoms with E-state index in [9.17, 15) is 0 Å². The average Bonchev–Trinajstić information content (AvgIpc) is 2.92. The number of para-hydroxylation sites is 2. The van der Waals surface area contributed by atoms with Crippen molar-refractivity contribution in [2.75, 3.05) is 5.32 Å². The number of aryl methyl sites for hydroxylation is 2. The topological polar surface area (TPSA) is 68.2 Å². The normalized spacial score (nSPS) is 11.0. The van der Waals surface area contributed by atoms with Gasteiger partial charge in [-0.2, -0.15) is 5.10 Å². The number of anilines is 1. The SMILES string of the molecule is Cc1cc(C)n(-c2ccccc2CN=C(N)Nc2ccccc2)n1.I. The summed E-state index contributed by atoms with van der Waals surface area (Å²) in [5.74, 6) is 0.393. The zero-order valence-electron chi connectivity index (χ0n) is 14.3. The van der Waals surface area contributed by atoms with Gasteiger partial charge in [-0.25, -0.2) is 9.67 Å². The van der Waals surface area contributed by atoms with Gasteiger partial charge in [0, 0.05) is 11.4 Å². The molecule has 3 aromatic rings. The van der Waals surface area contributed by atoms with Gasteiger partial charge in [0.2, 0.25) is 0 Å². The number of halogens is 1. The molecule has 0 radical (unpaired) electrons. The Labute approximate surface area is 165 Å². The summed E-state index contributed by atoms with van der Waals surface area (Å²) in [6, 6.07) is 19.9. The second-order valence-electron chi connectivity index (χ2n) is 5.66. The van der Waals surface area contributed by atoms with E-state index in [1.165, 1.54) is 0 Å². The third-order valence-electron chi connectivity index (χ3n) is 3.70. The maximum absolute atomic E-state index is 5.99. The van der Waals surface area contributed by atoms with Gasteiger partial charge >= 0.3 is 0 Å². The van der Waals surface area contributed by atoms with Crippen molar-refractivity contribution in [3.63, 3.8) is 0 Å². The highest BCUT2D eigenvalue weighted by Gasteiger charge is 2.08. The van der Waals surface area contributed by atoms with Crippen LogP contribution in [0.15, 0.2) is 65.7 Å². The van der Waals surface area contributed by atoms with Gasteiger partial charge in [-0.3, -0.25) is 0 Å². The van der Waals surface area contributed by atoms with Crippen molar-refractivity contribution in [3.8, 4) is 5.69 Å². The highest BCUT2D eigenvalue weighted by Crippen LogP contribution is 2.18. The lowest BCUT2D eigenvalue weighted by Crippen LogP contribution is -2.22. The summed E-state index contributed by atoms with van der Waals surface area (Å²) in [6.07, 6.45) is 0. The molecule has 0 unspecified atom stereocenters. The van der Waals surface area contributed by atoms with Crippen LogP contribution in [0.25, 0.3) is 5.69 Å². The molecule has 0 bridgehead atoms. The number of nitrogens with zero attached hydrogens (tertiary/aromatic N) is 3. The Morgan fingerprint density at radius 2 is 1.76 bits per heavy atom. The van der Waals surface area contributed by atoms with Crippen molar-refractivity contribution in [1.82, 2.24) is 9.78 Å². The molecule has 3 rings (SSSR count). The number of aliphatic imine (C=N–C) groups is 1. The van der Waals surface area contributed by atoms with E-state index in [4.69, 9.17) is 5.73 Å². The maximum Gasteiger partial charge on any atom is 0.193 e. The first-order chi connectivity index (χ1) is 11.6. The number of nitrogens with one attached hydrogen (secondary N) is 1. The van der Waals surface area contributed by atoms with Gasteiger partial charge in [-0.05, 0) is 43.7 Å². The van der Waals surface area contributed by atoms with Crippen LogP contribution in [-0.2, 0) is 6.54 Å². The number of nitrogens with two attached hydrogens (primary N) is 1. The number of guanidine groups is 1. The van der Waals surface area contributed by atoms with Crippen molar-refractivity contribution >= 4 is 35.6 Å². The summed E-state index contributed by atoms with van der Waals surface area (Å²) in [4.78, 5) is 4.45. The maximum atomic E-state index is 5.99. The van der Waals surface area contributed by atoms with Crippen LogP contribution in [0.3, 0.4) is 0 Å². The van der Waals surface area contributed by atoms with Crippen molar-refractivity contribution in [3.05, 3.63) is 77.6 Å². The van der Waals surface area contributed by atoms with Gasteiger partial charge in [-0.15, -0.1) is 24.0 Å². The number of aromatic nitrogens is 2. The largest absolute Gasteiger partial charge is 0.370 e. The van der Waals surface area contributed by atoms with E-state index in [-0.39, 0.29) is 24.0 Å². The van der Waals surface area contributed by atoms with E-state index in [2.05, 4.69) is 21.5 Å². The number of rotatable bonds is 4. The van der Waals surface area contributed by atoms with Crippen molar-refractivity contribution in [2.45, 2.75) is 20.4 Å². The molecule has 0 amide bonds. The summed E-state index contributed by atoms with van der Waals surface area (Å²) >= 11 is 0. The Balaban J connectivity index is 0.00000225. The van der Waals surface area contributed by atoms with Crippen molar-refractivity contribution in [2.24, 2.45) is 10.7 Å². The van der Waals surface area contributed by atoms with Gasteiger partial charge in [0.15, 0.2) is 5.96 Å². The molecule has 0 saturated heterocycles. The van der Waals surface area contributed by atoms with Crippen LogP contribution in [-0.4, -0.2) is 15.7 Å². The minimum absolute atomic E-state index is 0. The molecule has 0 saturated carbocycles. The summed E-state index contributed by atoms with van der Waals surface area (Å²) in [5.41, 5.74) is 11.1. The van der Waals surface area contributed by atoms with Crippen LogP contribution in [0.5, 0.6) is 0 Å². The molecular formula is C19H22IN5. The molecule has 2 aromatic carbocycles. The lowest BCUT2D eigenvalue weighted by Gasteiger charge is -2.10. The van der Waals surface area contributed by atoms with Gasteiger partial charge in [-0.1, -0.05) is 36.4 Å². The van der Waals surface area contributed by atoms with Gasteiger partial charge in [0.25, 0.3) is 0 Å². The van der Waals surface area contributed by atoms with E-state index < -0.39 is 0 Å². The molecule has 0 aliphatic rings. The third kappa shape index (κ3) is 4.82. The molecule has 6 heteroatoms. The predicted octanol–water partition coefficient (Wildman–Crippen LogP) is 4.03. The minimum atomic E-state index is 0. The fourth-order valence-corrected chi connectivity index (χ4v) is 2.60.